The third-order valence-corrected chi connectivity index (χ3v) is 4.72. The van der Waals surface area contributed by atoms with Crippen molar-refractivity contribution in [3.8, 4) is 11.3 Å². The molecule has 3 heteroatoms. The van der Waals surface area contributed by atoms with Crippen molar-refractivity contribution in [2.24, 2.45) is 0 Å². The summed E-state index contributed by atoms with van der Waals surface area (Å²) in [6, 6.07) is 15.6. The quantitative estimate of drug-likeness (QED) is 0.671. The van der Waals surface area contributed by atoms with Gasteiger partial charge in [-0.2, -0.15) is 0 Å². The second kappa shape index (κ2) is 6.00. The van der Waals surface area contributed by atoms with Gasteiger partial charge in [0, 0.05) is 16.5 Å². The first-order valence-electron chi connectivity index (χ1n) is 8.38. The molecule has 3 aromatic rings. The minimum Gasteiger partial charge on any atom is -0.478 e. The molecule has 0 fully saturated rings. The van der Waals surface area contributed by atoms with E-state index in [-0.39, 0.29) is 0 Å². The molecule has 24 heavy (non-hydrogen) atoms. The number of carboxylic acid groups (broad SMARTS) is 1. The molecular weight excluding hydrogens is 298 g/mol. The maximum atomic E-state index is 11.3. The maximum Gasteiger partial charge on any atom is 0.335 e. The Balaban J connectivity index is 1.98. The fraction of sp³-hybridized carbons (Fsp3) is 0.190. The number of nitrogens with one attached hydrogen (secondary N) is 1. The number of aromatic amines is 1. The summed E-state index contributed by atoms with van der Waals surface area (Å²) in [5, 5.41) is 10.4. The van der Waals surface area contributed by atoms with Crippen LogP contribution in [0.15, 0.2) is 54.6 Å². The van der Waals surface area contributed by atoms with Crippen molar-refractivity contribution < 1.29 is 9.90 Å². The largest absolute Gasteiger partial charge is 0.478 e. The molecule has 0 spiro atoms. The molecule has 0 saturated heterocycles. The highest BCUT2D eigenvalue weighted by molar-refractivity contribution is 6.02. The Kier molecular flexibility index (Phi) is 3.69. The summed E-state index contributed by atoms with van der Waals surface area (Å²) in [5.74, 6) is -0.897. The van der Waals surface area contributed by atoms with Gasteiger partial charge in [-0.3, -0.25) is 0 Å². The summed E-state index contributed by atoms with van der Waals surface area (Å²) >= 11 is 0. The first kappa shape index (κ1) is 14.8. The van der Waals surface area contributed by atoms with E-state index in [1.165, 1.54) is 24.0 Å². The molecule has 0 saturated carbocycles. The van der Waals surface area contributed by atoms with Crippen molar-refractivity contribution >= 4 is 22.4 Å². The molecule has 0 atom stereocenters. The Morgan fingerprint density at radius 3 is 2.58 bits per heavy atom. The van der Waals surface area contributed by atoms with E-state index in [4.69, 9.17) is 0 Å². The van der Waals surface area contributed by atoms with Crippen LogP contribution in [0.4, 0.5) is 0 Å². The van der Waals surface area contributed by atoms with Gasteiger partial charge in [0.25, 0.3) is 0 Å². The first-order chi connectivity index (χ1) is 11.7. The zero-order chi connectivity index (χ0) is 16.5. The van der Waals surface area contributed by atoms with Crippen LogP contribution in [0.3, 0.4) is 0 Å². The zero-order valence-corrected chi connectivity index (χ0v) is 13.4. The molecule has 1 heterocycles. The van der Waals surface area contributed by atoms with E-state index in [9.17, 15) is 9.90 Å². The van der Waals surface area contributed by atoms with Crippen LogP contribution in [-0.4, -0.2) is 16.1 Å². The van der Waals surface area contributed by atoms with Crippen LogP contribution in [-0.2, 0) is 0 Å². The molecule has 4 rings (SSSR count). The van der Waals surface area contributed by atoms with Crippen molar-refractivity contribution in [1.82, 2.24) is 4.98 Å². The van der Waals surface area contributed by atoms with Crippen LogP contribution in [0.25, 0.3) is 27.7 Å². The number of benzene rings is 2. The summed E-state index contributed by atoms with van der Waals surface area (Å²) in [4.78, 5) is 14.8. The number of rotatable bonds is 3. The Bertz CT molecular complexity index is 935. The SMILES string of the molecule is O=C(O)c1ccc2c(C3=CCCCC3)c(-c3ccccc3)[nH]c2c1. The lowest BCUT2D eigenvalue weighted by Gasteiger charge is -2.14. The molecule has 3 nitrogen and oxygen atoms in total. The minimum atomic E-state index is -0.897. The zero-order valence-electron chi connectivity index (χ0n) is 13.4. The molecule has 1 aliphatic carbocycles. The number of aromatic carboxylic acids is 1. The van der Waals surface area contributed by atoms with Gasteiger partial charge < -0.3 is 10.1 Å². The monoisotopic (exact) mass is 317 g/mol. The van der Waals surface area contributed by atoms with Crippen LogP contribution in [0, 0.1) is 0 Å². The standard InChI is InChI=1S/C21H19NO2/c23-21(24)16-11-12-17-18(13-16)22-20(15-9-5-2-6-10-15)19(17)14-7-3-1-4-8-14/h2,5-7,9-13,22H,1,3-4,8H2,(H,23,24). The molecule has 2 N–H and O–H groups in total. The first-order valence-corrected chi connectivity index (χ1v) is 8.38. The van der Waals surface area contributed by atoms with Gasteiger partial charge in [0.2, 0.25) is 0 Å². The van der Waals surface area contributed by atoms with E-state index < -0.39 is 5.97 Å². The van der Waals surface area contributed by atoms with E-state index in [1.807, 2.05) is 24.3 Å². The molecule has 1 aliphatic rings. The van der Waals surface area contributed by atoms with Gasteiger partial charge in [-0.15, -0.1) is 0 Å². The molecule has 0 unspecified atom stereocenters. The lowest BCUT2D eigenvalue weighted by Crippen LogP contribution is -1.95. The van der Waals surface area contributed by atoms with Crippen molar-refractivity contribution in [3.05, 3.63) is 65.7 Å². The third kappa shape index (κ3) is 2.52. The van der Waals surface area contributed by atoms with Gasteiger partial charge in [-0.1, -0.05) is 42.5 Å². The molecule has 120 valence electrons. The average Bonchev–Trinajstić information content (AvgIpc) is 3.01. The number of hydrogen-bond donors (Lipinski definition) is 2. The summed E-state index contributed by atoms with van der Waals surface area (Å²) in [6.45, 7) is 0. The second-order valence-electron chi connectivity index (χ2n) is 6.28. The van der Waals surface area contributed by atoms with Crippen LogP contribution in [0.1, 0.15) is 41.6 Å². The molecule has 0 radical (unpaired) electrons. The van der Waals surface area contributed by atoms with Gasteiger partial charge >= 0.3 is 5.97 Å². The molecular formula is C21H19NO2. The van der Waals surface area contributed by atoms with E-state index in [0.717, 1.165) is 35.0 Å². The highest BCUT2D eigenvalue weighted by atomic mass is 16.4. The van der Waals surface area contributed by atoms with Crippen molar-refractivity contribution in [3.63, 3.8) is 0 Å². The lowest BCUT2D eigenvalue weighted by molar-refractivity contribution is 0.0697. The second-order valence-corrected chi connectivity index (χ2v) is 6.28. The number of H-pyrrole nitrogens is 1. The van der Waals surface area contributed by atoms with Crippen LogP contribution in [0.2, 0.25) is 0 Å². The van der Waals surface area contributed by atoms with Crippen molar-refractivity contribution in [2.45, 2.75) is 25.7 Å². The highest BCUT2D eigenvalue weighted by Crippen LogP contribution is 2.39. The minimum absolute atomic E-state index is 0.313. The fourth-order valence-corrected chi connectivity index (χ4v) is 3.55. The van der Waals surface area contributed by atoms with Gasteiger partial charge in [0.1, 0.15) is 0 Å². The van der Waals surface area contributed by atoms with E-state index in [1.54, 1.807) is 12.1 Å². The van der Waals surface area contributed by atoms with Gasteiger partial charge in [0.05, 0.1) is 11.3 Å². The molecule has 0 bridgehead atoms. The number of aromatic nitrogens is 1. The predicted octanol–water partition coefficient (Wildman–Crippen LogP) is 5.49. The fourth-order valence-electron chi connectivity index (χ4n) is 3.55. The Labute approximate surface area is 140 Å². The number of fused-ring (bicyclic) bond motifs is 1. The molecule has 1 aromatic heterocycles. The third-order valence-electron chi connectivity index (χ3n) is 4.72. The van der Waals surface area contributed by atoms with E-state index in [2.05, 4.69) is 23.2 Å². The summed E-state index contributed by atoms with van der Waals surface area (Å²) < 4.78 is 0. The topological polar surface area (TPSA) is 53.1 Å². The summed E-state index contributed by atoms with van der Waals surface area (Å²) in [5.41, 5.74) is 6.01. The maximum absolute atomic E-state index is 11.3. The van der Waals surface area contributed by atoms with Crippen LogP contribution >= 0.6 is 0 Å². The Morgan fingerprint density at radius 1 is 1.04 bits per heavy atom. The number of hydrogen-bond acceptors (Lipinski definition) is 1. The molecule has 0 aliphatic heterocycles. The van der Waals surface area contributed by atoms with Gasteiger partial charge in [-0.05, 0) is 49.0 Å². The van der Waals surface area contributed by atoms with E-state index in [0.29, 0.717) is 5.56 Å². The number of carboxylic acids is 1. The number of carbonyl (C=O) groups is 1. The Morgan fingerprint density at radius 2 is 1.88 bits per heavy atom. The molecule has 2 aromatic carbocycles. The van der Waals surface area contributed by atoms with Gasteiger partial charge in [-0.25, -0.2) is 4.79 Å². The van der Waals surface area contributed by atoms with Crippen LogP contribution in [0.5, 0.6) is 0 Å². The number of allylic oxidation sites excluding steroid dienone is 2. The normalized spacial score (nSPS) is 14.6. The lowest BCUT2D eigenvalue weighted by atomic mass is 9.90. The smallest absolute Gasteiger partial charge is 0.335 e. The van der Waals surface area contributed by atoms with Gasteiger partial charge in [0.15, 0.2) is 0 Å². The molecule has 0 amide bonds. The predicted molar refractivity (Wildman–Crippen MR) is 97.1 cm³/mol. The van der Waals surface area contributed by atoms with Crippen LogP contribution < -0.4 is 0 Å². The van der Waals surface area contributed by atoms with E-state index >= 15 is 0 Å². The average molecular weight is 317 g/mol. The van der Waals surface area contributed by atoms with Crippen molar-refractivity contribution in [1.29, 1.82) is 0 Å². The summed E-state index contributed by atoms with van der Waals surface area (Å²) in [7, 11) is 0. The van der Waals surface area contributed by atoms with Crippen molar-refractivity contribution in [2.75, 3.05) is 0 Å². The summed E-state index contributed by atoms with van der Waals surface area (Å²) in [6.07, 6.45) is 6.98. The Hall–Kier alpha value is -2.81. The highest BCUT2D eigenvalue weighted by Gasteiger charge is 2.19.